The van der Waals surface area contributed by atoms with Gasteiger partial charge in [0.05, 0.1) is 11.9 Å². The fourth-order valence-corrected chi connectivity index (χ4v) is 5.47. The summed E-state index contributed by atoms with van der Waals surface area (Å²) >= 11 is 0. The molecule has 2 aliphatic heterocycles. The Morgan fingerprint density at radius 3 is 2.88 bits per heavy atom. The van der Waals surface area contributed by atoms with Crippen molar-refractivity contribution in [1.29, 1.82) is 0 Å². The van der Waals surface area contributed by atoms with Crippen LogP contribution in [0, 0.1) is 18.2 Å². The van der Waals surface area contributed by atoms with Gasteiger partial charge in [-0.05, 0) is 61.7 Å². The summed E-state index contributed by atoms with van der Waals surface area (Å²) in [4.78, 5) is 16.3. The summed E-state index contributed by atoms with van der Waals surface area (Å²) < 4.78 is 20.6. The molecule has 1 aliphatic carbocycles. The minimum atomic E-state index is -0.263. The molecule has 3 aliphatic rings. The van der Waals surface area contributed by atoms with Crippen LogP contribution in [-0.2, 0) is 6.42 Å². The molecular weight excluding hydrogens is 419 g/mol. The Hall–Kier alpha value is -3.26. The van der Waals surface area contributed by atoms with Crippen LogP contribution in [-0.4, -0.2) is 48.2 Å². The summed E-state index contributed by atoms with van der Waals surface area (Å²) in [6, 6.07) is 7.24. The third-order valence-electron chi connectivity index (χ3n) is 7.21. The van der Waals surface area contributed by atoms with Crippen LogP contribution in [0.25, 0.3) is 11.1 Å². The molecule has 0 amide bonds. The number of nitrogens with one attached hydrogen (secondary N) is 2. The van der Waals surface area contributed by atoms with Crippen molar-refractivity contribution in [2.24, 2.45) is 5.41 Å². The SMILES string of the molecule is CNc1cc(F)cc2c1Cc1nc(Oc3ccc(C)nc3)nc(N3CCC4(CCNC4)C3)c1-2. The van der Waals surface area contributed by atoms with Gasteiger partial charge in [0.1, 0.15) is 17.4 Å². The second-order valence-corrected chi connectivity index (χ2v) is 9.39. The molecule has 3 aromatic rings. The quantitative estimate of drug-likeness (QED) is 0.492. The second-order valence-electron chi connectivity index (χ2n) is 9.39. The Bertz CT molecular complexity index is 1220. The number of pyridine rings is 1. The highest BCUT2D eigenvalue weighted by atomic mass is 19.1. The average Bonchev–Trinajstić information content (AvgIpc) is 3.54. The molecular formula is C25H27FN6O. The molecule has 7 nitrogen and oxygen atoms in total. The topological polar surface area (TPSA) is 75.2 Å². The third kappa shape index (κ3) is 3.49. The van der Waals surface area contributed by atoms with Gasteiger partial charge in [0.15, 0.2) is 0 Å². The predicted molar refractivity (Wildman–Crippen MR) is 126 cm³/mol. The lowest BCUT2D eigenvalue weighted by atomic mass is 9.86. The van der Waals surface area contributed by atoms with Crippen molar-refractivity contribution >= 4 is 11.5 Å². The number of ether oxygens (including phenoxy) is 1. The van der Waals surface area contributed by atoms with Gasteiger partial charge in [0.25, 0.3) is 0 Å². The standard InChI is InChI=1S/C25H27FN6O/c1-15-3-4-17(12-29-15)33-24-30-21-11-18-19(9-16(26)10-20(18)27-2)22(21)23(31-24)32-8-6-25(14-32)5-7-28-13-25/h3-4,9-10,12,27-28H,5-8,11,13-14H2,1-2H3. The van der Waals surface area contributed by atoms with Crippen molar-refractivity contribution in [2.45, 2.75) is 26.2 Å². The molecule has 1 atom stereocenters. The first-order valence-corrected chi connectivity index (χ1v) is 11.5. The number of aromatic nitrogens is 3. The first kappa shape index (κ1) is 20.4. The number of hydrogen-bond acceptors (Lipinski definition) is 7. The maximum Gasteiger partial charge on any atom is 0.324 e. The van der Waals surface area contributed by atoms with Gasteiger partial charge in [0.2, 0.25) is 0 Å². The molecule has 2 aromatic heterocycles. The van der Waals surface area contributed by atoms with Gasteiger partial charge in [-0.1, -0.05) is 0 Å². The number of hydrogen-bond donors (Lipinski definition) is 2. The zero-order valence-corrected chi connectivity index (χ0v) is 18.9. The lowest BCUT2D eigenvalue weighted by molar-refractivity contribution is 0.369. The summed E-state index contributed by atoms with van der Waals surface area (Å²) in [5.74, 6) is 1.17. The number of benzene rings is 1. The maximum absolute atomic E-state index is 14.5. The zero-order valence-electron chi connectivity index (χ0n) is 18.9. The monoisotopic (exact) mass is 446 g/mol. The Labute approximate surface area is 192 Å². The molecule has 4 heterocycles. The molecule has 2 fully saturated rings. The summed E-state index contributed by atoms with van der Waals surface area (Å²) in [6.07, 6.45) is 4.59. The van der Waals surface area contributed by atoms with E-state index in [1.54, 1.807) is 18.3 Å². The fourth-order valence-electron chi connectivity index (χ4n) is 5.47. The van der Waals surface area contributed by atoms with E-state index in [4.69, 9.17) is 14.7 Å². The van der Waals surface area contributed by atoms with Crippen LogP contribution in [0.2, 0.25) is 0 Å². The number of fused-ring (bicyclic) bond motifs is 3. The summed E-state index contributed by atoms with van der Waals surface area (Å²) in [6.45, 7) is 5.87. The fraction of sp³-hybridized carbons (Fsp3) is 0.400. The number of nitrogens with zero attached hydrogens (tertiary/aromatic N) is 4. The van der Waals surface area contributed by atoms with Gasteiger partial charge in [-0.2, -0.15) is 9.97 Å². The molecule has 1 unspecified atom stereocenters. The van der Waals surface area contributed by atoms with E-state index >= 15 is 0 Å². The summed E-state index contributed by atoms with van der Waals surface area (Å²) in [5.41, 5.74) is 5.71. The zero-order chi connectivity index (χ0) is 22.6. The lowest BCUT2D eigenvalue weighted by Gasteiger charge is -2.25. The van der Waals surface area contributed by atoms with Gasteiger partial charge in [-0.3, -0.25) is 4.98 Å². The molecule has 6 rings (SSSR count). The van der Waals surface area contributed by atoms with Crippen LogP contribution in [0.3, 0.4) is 0 Å². The van der Waals surface area contributed by atoms with E-state index in [1.807, 2.05) is 26.1 Å². The Balaban J connectivity index is 1.45. The lowest BCUT2D eigenvalue weighted by Crippen LogP contribution is -2.30. The molecule has 8 heteroatoms. The van der Waals surface area contributed by atoms with E-state index < -0.39 is 0 Å². The molecule has 170 valence electrons. The first-order valence-electron chi connectivity index (χ1n) is 11.5. The van der Waals surface area contributed by atoms with Crippen LogP contribution >= 0.6 is 0 Å². The number of rotatable bonds is 4. The van der Waals surface area contributed by atoms with Gasteiger partial charge < -0.3 is 20.3 Å². The first-order chi connectivity index (χ1) is 16.0. The second kappa shape index (κ2) is 7.66. The molecule has 0 radical (unpaired) electrons. The smallest absolute Gasteiger partial charge is 0.324 e. The van der Waals surface area contributed by atoms with E-state index in [0.29, 0.717) is 18.2 Å². The molecule has 33 heavy (non-hydrogen) atoms. The minimum absolute atomic E-state index is 0.263. The number of halogens is 1. The highest BCUT2D eigenvalue weighted by Crippen LogP contribution is 2.47. The van der Waals surface area contributed by atoms with Gasteiger partial charge in [-0.25, -0.2) is 4.39 Å². The van der Waals surface area contributed by atoms with E-state index in [-0.39, 0.29) is 11.2 Å². The normalized spacial score (nSPS) is 20.9. The van der Waals surface area contributed by atoms with E-state index in [0.717, 1.165) is 72.2 Å². The molecule has 1 spiro atoms. The van der Waals surface area contributed by atoms with E-state index in [2.05, 4.69) is 20.5 Å². The Morgan fingerprint density at radius 1 is 1.21 bits per heavy atom. The van der Waals surface area contributed by atoms with Crippen LogP contribution in [0.1, 0.15) is 29.8 Å². The Morgan fingerprint density at radius 2 is 2.12 bits per heavy atom. The van der Waals surface area contributed by atoms with Crippen molar-refractivity contribution in [3.05, 3.63) is 53.2 Å². The van der Waals surface area contributed by atoms with Crippen LogP contribution in [0.4, 0.5) is 15.9 Å². The molecule has 0 bridgehead atoms. The molecule has 1 aromatic carbocycles. The van der Waals surface area contributed by atoms with Crippen LogP contribution < -0.4 is 20.3 Å². The Kier molecular flexibility index (Phi) is 4.72. The van der Waals surface area contributed by atoms with Crippen LogP contribution in [0.5, 0.6) is 11.8 Å². The summed E-state index contributed by atoms with van der Waals surface area (Å²) in [5, 5.41) is 6.66. The largest absolute Gasteiger partial charge is 0.423 e. The van der Waals surface area contributed by atoms with E-state index in [9.17, 15) is 4.39 Å². The van der Waals surface area contributed by atoms with Crippen molar-refractivity contribution in [3.63, 3.8) is 0 Å². The van der Waals surface area contributed by atoms with Gasteiger partial charge in [0, 0.05) is 55.5 Å². The summed E-state index contributed by atoms with van der Waals surface area (Å²) in [7, 11) is 1.82. The van der Waals surface area contributed by atoms with Gasteiger partial charge >= 0.3 is 6.01 Å². The highest BCUT2D eigenvalue weighted by molar-refractivity contribution is 5.88. The van der Waals surface area contributed by atoms with Gasteiger partial charge in [-0.15, -0.1) is 0 Å². The van der Waals surface area contributed by atoms with Crippen molar-refractivity contribution in [3.8, 4) is 22.9 Å². The van der Waals surface area contributed by atoms with E-state index in [1.165, 1.54) is 6.42 Å². The predicted octanol–water partition coefficient (Wildman–Crippen LogP) is 3.91. The molecule has 2 saturated heterocycles. The number of anilines is 2. The molecule has 0 saturated carbocycles. The average molecular weight is 447 g/mol. The molecule has 2 N–H and O–H groups in total. The minimum Gasteiger partial charge on any atom is -0.423 e. The maximum atomic E-state index is 14.5. The highest BCUT2D eigenvalue weighted by Gasteiger charge is 2.42. The third-order valence-corrected chi connectivity index (χ3v) is 7.21. The van der Waals surface area contributed by atoms with Crippen molar-refractivity contribution < 1.29 is 9.13 Å². The number of aryl methyl sites for hydroxylation is 1. The van der Waals surface area contributed by atoms with Crippen molar-refractivity contribution in [2.75, 3.05) is 43.4 Å². The van der Waals surface area contributed by atoms with Crippen LogP contribution in [0.15, 0.2) is 30.5 Å². The van der Waals surface area contributed by atoms with Crippen molar-refractivity contribution in [1.82, 2.24) is 20.3 Å².